The molecule has 1 aromatic rings. The van der Waals surface area contributed by atoms with Gasteiger partial charge in [0.2, 0.25) is 0 Å². The van der Waals surface area contributed by atoms with Crippen molar-refractivity contribution in [3.05, 3.63) is 21.9 Å². The van der Waals surface area contributed by atoms with Crippen LogP contribution >= 0.6 is 11.3 Å². The standard InChI is InChI=1S/C17H29NS/c1-13-9-10-19-16(13)12-18-11-14-5-7-15(8-6-14)17(2,3)4/h9-10,14-15,18H,5-8,11-12H2,1-4H3. The molecule has 0 unspecified atom stereocenters. The van der Waals surface area contributed by atoms with Crippen molar-refractivity contribution < 1.29 is 0 Å². The van der Waals surface area contributed by atoms with E-state index < -0.39 is 0 Å². The molecule has 19 heavy (non-hydrogen) atoms. The monoisotopic (exact) mass is 279 g/mol. The van der Waals surface area contributed by atoms with Crippen LogP contribution in [-0.2, 0) is 6.54 Å². The van der Waals surface area contributed by atoms with Crippen LogP contribution in [0.25, 0.3) is 0 Å². The van der Waals surface area contributed by atoms with E-state index in [1.54, 1.807) is 0 Å². The molecule has 1 aliphatic carbocycles. The third-order valence-electron chi connectivity index (χ3n) is 4.76. The molecule has 1 heterocycles. The normalized spacial score (nSPS) is 24.6. The molecule has 2 heteroatoms. The summed E-state index contributed by atoms with van der Waals surface area (Å²) in [6.45, 7) is 11.7. The summed E-state index contributed by atoms with van der Waals surface area (Å²) in [7, 11) is 0. The molecule has 0 spiro atoms. The molecule has 1 aromatic heterocycles. The first-order valence-electron chi connectivity index (χ1n) is 7.70. The molecule has 2 rings (SSSR count). The average Bonchev–Trinajstić information content (AvgIpc) is 2.75. The first-order chi connectivity index (χ1) is 8.97. The first kappa shape index (κ1) is 15.1. The highest BCUT2D eigenvalue weighted by atomic mass is 32.1. The van der Waals surface area contributed by atoms with Crippen LogP contribution in [0.1, 0.15) is 56.9 Å². The van der Waals surface area contributed by atoms with Gasteiger partial charge in [0, 0.05) is 11.4 Å². The smallest absolute Gasteiger partial charge is 0.0302 e. The zero-order valence-corrected chi connectivity index (χ0v) is 13.8. The molecule has 0 bridgehead atoms. The Kier molecular flexibility index (Phi) is 5.08. The van der Waals surface area contributed by atoms with Crippen LogP contribution in [0.15, 0.2) is 11.4 Å². The molecular weight excluding hydrogens is 250 g/mol. The second kappa shape index (κ2) is 6.41. The fourth-order valence-corrected chi connectivity index (χ4v) is 4.08. The summed E-state index contributed by atoms with van der Waals surface area (Å²) < 4.78 is 0. The van der Waals surface area contributed by atoms with Crippen molar-refractivity contribution in [3.63, 3.8) is 0 Å². The van der Waals surface area contributed by atoms with E-state index in [1.165, 1.54) is 42.7 Å². The molecule has 0 aromatic carbocycles. The Labute approximate surface area is 122 Å². The third-order valence-corrected chi connectivity index (χ3v) is 5.78. The summed E-state index contributed by atoms with van der Waals surface area (Å²) in [5, 5.41) is 5.86. The van der Waals surface area contributed by atoms with Crippen LogP contribution in [-0.4, -0.2) is 6.54 Å². The van der Waals surface area contributed by atoms with Gasteiger partial charge in [0.05, 0.1) is 0 Å². The lowest BCUT2D eigenvalue weighted by Crippen LogP contribution is -2.30. The second-order valence-electron chi connectivity index (χ2n) is 7.24. The van der Waals surface area contributed by atoms with Crippen molar-refractivity contribution >= 4 is 11.3 Å². The van der Waals surface area contributed by atoms with E-state index in [1.807, 2.05) is 11.3 Å². The van der Waals surface area contributed by atoms with Gasteiger partial charge in [-0.25, -0.2) is 0 Å². The highest BCUT2D eigenvalue weighted by Crippen LogP contribution is 2.39. The van der Waals surface area contributed by atoms with Crippen LogP contribution in [0, 0.1) is 24.2 Å². The van der Waals surface area contributed by atoms with Gasteiger partial charge in [-0.3, -0.25) is 0 Å². The summed E-state index contributed by atoms with van der Waals surface area (Å²) in [5.41, 5.74) is 1.95. The van der Waals surface area contributed by atoms with Crippen molar-refractivity contribution in [2.24, 2.45) is 17.3 Å². The summed E-state index contributed by atoms with van der Waals surface area (Å²) in [6, 6.07) is 2.22. The van der Waals surface area contributed by atoms with Crippen molar-refractivity contribution in [3.8, 4) is 0 Å². The lowest BCUT2D eigenvalue weighted by atomic mass is 9.70. The van der Waals surface area contributed by atoms with Crippen LogP contribution < -0.4 is 5.32 Å². The van der Waals surface area contributed by atoms with Crippen molar-refractivity contribution in [2.75, 3.05) is 6.54 Å². The Morgan fingerprint density at radius 2 is 1.89 bits per heavy atom. The molecule has 1 N–H and O–H groups in total. The van der Waals surface area contributed by atoms with E-state index in [4.69, 9.17) is 0 Å². The minimum atomic E-state index is 0.506. The lowest BCUT2D eigenvalue weighted by Gasteiger charge is -2.37. The predicted octanol–water partition coefficient (Wildman–Crippen LogP) is 5.00. The summed E-state index contributed by atoms with van der Waals surface area (Å²) in [6.07, 6.45) is 5.68. The van der Waals surface area contributed by atoms with E-state index in [-0.39, 0.29) is 0 Å². The largest absolute Gasteiger partial charge is 0.312 e. The number of aryl methyl sites for hydroxylation is 1. The Balaban J connectivity index is 1.68. The highest BCUT2D eigenvalue weighted by molar-refractivity contribution is 7.10. The van der Waals surface area contributed by atoms with Crippen molar-refractivity contribution in [1.82, 2.24) is 5.32 Å². The van der Waals surface area contributed by atoms with E-state index >= 15 is 0 Å². The van der Waals surface area contributed by atoms with Crippen LogP contribution in [0.3, 0.4) is 0 Å². The topological polar surface area (TPSA) is 12.0 Å². The van der Waals surface area contributed by atoms with Gasteiger partial charge in [-0.2, -0.15) is 0 Å². The molecule has 1 fully saturated rings. The molecule has 1 saturated carbocycles. The van der Waals surface area contributed by atoms with Gasteiger partial charge in [0.25, 0.3) is 0 Å². The molecule has 0 saturated heterocycles. The zero-order valence-electron chi connectivity index (χ0n) is 13.0. The summed E-state index contributed by atoms with van der Waals surface area (Å²) in [4.78, 5) is 1.50. The Morgan fingerprint density at radius 1 is 1.21 bits per heavy atom. The average molecular weight is 279 g/mol. The predicted molar refractivity (Wildman–Crippen MR) is 85.7 cm³/mol. The van der Waals surface area contributed by atoms with E-state index in [2.05, 4.69) is 44.5 Å². The highest BCUT2D eigenvalue weighted by Gasteiger charge is 2.29. The number of thiophene rings is 1. The van der Waals surface area contributed by atoms with Gasteiger partial charge >= 0.3 is 0 Å². The van der Waals surface area contributed by atoms with Gasteiger partial charge in [0.15, 0.2) is 0 Å². The van der Waals surface area contributed by atoms with Crippen LogP contribution in [0.5, 0.6) is 0 Å². The van der Waals surface area contributed by atoms with Crippen molar-refractivity contribution in [1.29, 1.82) is 0 Å². The minimum absolute atomic E-state index is 0.506. The van der Waals surface area contributed by atoms with Gasteiger partial charge < -0.3 is 5.32 Å². The van der Waals surface area contributed by atoms with Gasteiger partial charge in [-0.1, -0.05) is 20.8 Å². The van der Waals surface area contributed by atoms with Crippen LogP contribution in [0.2, 0.25) is 0 Å². The molecular formula is C17H29NS. The van der Waals surface area contributed by atoms with E-state index in [0.29, 0.717) is 5.41 Å². The maximum Gasteiger partial charge on any atom is 0.0302 e. The molecule has 0 atom stereocenters. The van der Waals surface area contributed by atoms with E-state index in [9.17, 15) is 0 Å². The number of nitrogens with one attached hydrogen (secondary N) is 1. The molecule has 108 valence electrons. The third kappa shape index (κ3) is 4.32. The number of hydrogen-bond donors (Lipinski definition) is 1. The molecule has 0 aliphatic heterocycles. The fraction of sp³-hybridized carbons (Fsp3) is 0.765. The quantitative estimate of drug-likeness (QED) is 0.818. The summed E-state index contributed by atoms with van der Waals surface area (Å²) in [5.74, 6) is 1.84. The zero-order chi connectivity index (χ0) is 13.9. The van der Waals surface area contributed by atoms with Crippen LogP contribution in [0.4, 0.5) is 0 Å². The Bertz CT molecular complexity index is 380. The van der Waals surface area contributed by atoms with Gasteiger partial charge in [0.1, 0.15) is 0 Å². The Hall–Kier alpha value is -0.340. The lowest BCUT2D eigenvalue weighted by molar-refractivity contribution is 0.149. The second-order valence-corrected chi connectivity index (χ2v) is 8.24. The SMILES string of the molecule is Cc1ccsc1CNCC1CCC(C(C)(C)C)CC1. The minimum Gasteiger partial charge on any atom is -0.312 e. The summed E-state index contributed by atoms with van der Waals surface area (Å²) >= 11 is 1.88. The number of rotatable bonds is 4. The van der Waals surface area contributed by atoms with Gasteiger partial charge in [-0.05, 0) is 73.4 Å². The molecule has 0 amide bonds. The number of hydrogen-bond acceptors (Lipinski definition) is 2. The Morgan fingerprint density at radius 3 is 2.42 bits per heavy atom. The van der Waals surface area contributed by atoms with E-state index in [0.717, 1.165) is 18.4 Å². The van der Waals surface area contributed by atoms with Crippen molar-refractivity contribution in [2.45, 2.75) is 59.9 Å². The maximum absolute atomic E-state index is 3.66. The molecule has 1 nitrogen and oxygen atoms in total. The molecule has 0 radical (unpaired) electrons. The maximum atomic E-state index is 3.66. The van der Waals surface area contributed by atoms with Gasteiger partial charge in [-0.15, -0.1) is 11.3 Å². The molecule has 1 aliphatic rings. The first-order valence-corrected chi connectivity index (χ1v) is 8.58. The fourth-order valence-electron chi connectivity index (χ4n) is 3.21.